The fourth-order valence-electron chi connectivity index (χ4n) is 1.21. The van der Waals surface area contributed by atoms with Crippen LogP contribution in [0.2, 0.25) is 0 Å². The van der Waals surface area contributed by atoms with Crippen molar-refractivity contribution >= 4 is 21.9 Å². The van der Waals surface area contributed by atoms with Gasteiger partial charge in [0, 0.05) is 0 Å². The highest BCUT2D eigenvalue weighted by atomic mass is 32.2. The number of esters is 1. The van der Waals surface area contributed by atoms with Crippen LogP contribution < -0.4 is 10.6 Å². The summed E-state index contributed by atoms with van der Waals surface area (Å²) in [6.45, 7) is 1.30. The molecule has 0 saturated heterocycles. The summed E-state index contributed by atoms with van der Waals surface area (Å²) in [6.07, 6.45) is 0. The third-order valence-corrected chi connectivity index (χ3v) is 3.29. The van der Waals surface area contributed by atoms with Gasteiger partial charge in [-0.05, 0) is 31.2 Å². The highest BCUT2D eigenvalue weighted by Crippen LogP contribution is 2.11. The molecule has 1 amide bonds. The van der Waals surface area contributed by atoms with Crippen LogP contribution in [0, 0.1) is 0 Å². The average molecular weight is 302 g/mol. The van der Waals surface area contributed by atoms with E-state index in [-0.39, 0.29) is 17.1 Å². The monoisotopic (exact) mass is 302 g/mol. The number of nitrogens with two attached hydrogens (primary N) is 1. The van der Waals surface area contributed by atoms with E-state index in [0.29, 0.717) is 0 Å². The van der Waals surface area contributed by atoms with Crippen LogP contribution in [0.25, 0.3) is 0 Å². The Morgan fingerprint density at radius 3 is 2.35 bits per heavy atom. The summed E-state index contributed by atoms with van der Waals surface area (Å²) in [6, 6.07) is 5.03. The van der Waals surface area contributed by atoms with Crippen molar-refractivity contribution in [2.75, 3.05) is 13.2 Å². The lowest BCUT2D eigenvalue weighted by Gasteiger charge is -2.06. The largest absolute Gasteiger partial charge is 0.462 e. The van der Waals surface area contributed by atoms with Crippen LogP contribution in [0.3, 0.4) is 0 Å². The van der Waals surface area contributed by atoms with Crippen molar-refractivity contribution in [3.8, 4) is 0 Å². The number of hydrogen-bond acceptors (Lipinski definition) is 6. The van der Waals surface area contributed by atoms with Gasteiger partial charge in [-0.25, -0.2) is 13.2 Å². The lowest BCUT2D eigenvalue weighted by atomic mass is 10.2. The second-order valence-electron chi connectivity index (χ2n) is 3.59. The highest BCUT2D eigenvalue weighted by molar-refractivity contribution is 7.89. The summed E-state index contributed by atoms with van der Waals surface area (Å²) in [4.78, 5) is 27.8. The molecule has 1 aromatic carbocycles. The van der Waals surface area contributed by atoms with Gasteiger partial charge >= 0.3 is 5.97 Å². The van der Waals surface area contributed by atoms with Crippen molar-refractivity contribution in [2.45, 2.75) is 11.8 Å². The van der Waals surface area contributed by atoms with Crippen LogP contribution in [0.4, 0.5) is 0 Å². The lowest BCUT2D eigenvalue weighted by molar-refractivity contribution is -0.123. The van der Waals surface area contributed by atoms with Gasteiger partial charge in [-0.15, -0.1) is 0 Å². The molecule has 0 heterocycles. The number of carbonyl (C=O) groups is 2. The zero-order chi connectivity index (χ0) is 15.2. The number of ether oxygens (including phenoxy) is 1. The molecule has 3 N–H and O–H groups in total. The number of nitrogens with one attached hydrogen (secondary N) is 1. The molecule has 0 aromatic heterocycles. The number of amides is 1. The van der Waals surface area contributed by atoms with E-state index in [1.807, 2.05) is 0 Å². The average Bonchev–Trinajstić information content (AvgIpc) is 2.38. The first kappa shape index (κ1) is 16.1. The second kappa shape index (κ2) is 6.98. The summed E-state index contributed by atoms with van der Waals surface area (Å²) in [5.74, 6) is -1.36. The third-order valence-electron chi connectivity index (χ3n) is 2.06. The molecule has 0 aliphatic heterocycles. The Balaban J connectivity index is 2.76. The molecule has 0 saturated carbocycles. The first-order valence-corrected chi connectivity index (χ1v) is 7.04. The minimum absolute atomic E-state index is 0.130. The Hall–Kier alpha value is -1.97. The number of benzene rings is 1. The standard InChI is InChI=1S/C11H14N2O6S/c1-2-18-11(15)8-3-5-9(6-4-8)20(16,17)13-19-7-10(12)14/h3-6,13H,2,7H2,1H3,(H2,12,14). The maximum absolute atomic E-state index is 11.7. The summed E-state index contributed by atoms with van der Waals surface area (Å²) in [5, 5.41) is 0. The topological polar surface area (TPSA) is 125 Å². The fraction of sp³-hybridized carbons (Fsp3) is 0.273. The first-order valence-electron chi connectivity index (χ1n) is 5.56. The SMILES string of the molecule is CCOC(=O)c1ccc(S(=O)(=O)NOCC(N)=O)cc1. The molecular weight excluding hydrogens is 288 g/mol. The first-order chi connectivity index (χ1) is 9.36. The van der Waals surface area contributed by atoms with Gasteiger partial charge in [0.15, 0.2) is 0 Å². The lowest BCUT2D eigenvalue weighted by Crippen LogP contribution is -2.29. The predicted octanol–water partition coefficient (Wildman–Crippen LogP) is -0.441. The molecule has 8 nitrogen and oxygen atoms in total. The molecule has 0 unspecified atom stereocenters. The third kappa shape index (κ3) is 4.61. The number of hydrogen-bond donors (Lipinski definition) is 2. The molecule has 0 bridgehead atoms. The van der Waals surface area contributed by atoms with Crippen LogP contribution in [0.15, 0.2) is 29.2 Å². The summed E-state index contributed by atoms with van der Waals surface area (Å²) in [7, 11) is -3.94. The van der Waals surface area contributed by atoms with Gasteiger partial charge in [0.25, 0.3) is 10.0 Å². The van der Waals surface area contributed by atoms with Crippen molar-refractivity contribution in [3.05, 3.63) is 29.8 Å². The number of rotatable bonds is 7. The van der Waals surface area contributed by atoms with E-state index < -0.39 is 28.5 Å². The van der Waals surface area contributed by atoms with Crippen LogP contribution in [0.1, 0.15) is 17.3 Å². The normalized spacial score (nSPS) is 11.1. The molecule has 1 rings (SSSR count). The van der Waals surface area contributed by atoms with Gasteiger partial charge < -0.3 is 10.5 Å². The van der Waals surface area contributed by atoms with Crippen LogP contribution in [0.5, 0.6) is 0 Å². The number of primary amides is 1. The van der Waals surface area contributed by atoms with Crippen molar-refractivity contribution in [3.63, 3.8) is 0 Å². The van der Waals surface area contributed by atoms with E-state index in [9.17, 15) is 18.0 Å². The van der Waals surface area contributed by atoms with E-state index in [1.165, 1.54) is 24.3 Å². The Labute approximate surface area is 115 Å². The molecular formula is C11H14N2O6S. The Morgan fingerprint density at radius 2 is 1.85 bits per heavy atom. The molecule has 110 valence electrons. The molecule has 0 fully saturated rings. The highest BCUT2D eigenvalue weighted by Gasteiger charge is 2.15. The number of sulfonamides is 1. The van der Waals surface area contributed by atoms with E-state index in [2.05, 4.69) is 4.84 Å². The van der Waals surface area contributed by atoms with Gasteiger partial charge in [0.2, 0.25) is 5.91 Å². The Morgan fingerprint density at radius 1 is 1.25 bits per heavy atom. The predicted molar refractivity (Wildman–Crippen MR) is 67.9 cm³/mol. The smallest absolute Gasteiger partial charge is 0.338 e. The molecule has 9 heteroatoms. The molecule has 0 aliphatic rings. The molecule has 0 radical (unpaired) electrons. The number of carbonyl (C=O) groups excluding carboxylic acids is 2. The van der Waals surface area contributed by atoms with E-state index in [1.54, 1.807) is 11.8 Å². The van der Waals surface area contributed by atoms with Gasteiger partial charge in [0.05, 0.1) is 17.1 Å². The Bertz CT molecular complexity index is 581. The maximum Gasteiger partial charge on any atom is 0.338 e. The summed E-state index contributed by atoms with van der Waals surface area (Å²) in [5.41, 5.74) is 5.02. The van der Waals surface area contributed by atoms with Crippen molar-refractivity contribution in [1.29, 1.82) is 0 Å². The minimum atomic E-state index is -3.94. The molecule has 20 heavy (non-hydrogen) atoms. The molecule has 0 atom stereocenters. The van der Waals surface area contributed by atoms with Gasteiger partial charge in [-0.2, -0.15) is 0 Å². The van der Waals surface area contributed by atoms with E-state index in [4.69, 9.17) is 10.5 Å². The fourth-order valence-corrected chi connectivity index (χ4v) is 2.02. The van der Waals surface area contributed by atoms with Crippen molar-refractivity contribution in [2.24, 2.45) is 5.73 Å². The van der Waals surface area contributed by atoms with E-state index >= 15 is 0 Å². The Kier molecular flexibility index (Phi) is 5.62. The summed E-state index contributed by atoms with van der Waals surface area (Å²) >= 11 is 0. The quantitative estimate of drug-likeness (QED) is 0.519. The van der Waals surface area contributed by atoms with Crippen LogP contribution in [-0.2, 0) is 24.4 Å². The van der Waals surface area contributed by atoms with Crippen molar-refractivity contribution in [1.82, 2.24) is 4.89 Å². The zero-order valence-electron chi connectivity index (χ0n) is 10.7. The molecule has 0 spiro atoms. The zero-order valence-corrected chi connectivity index (χ0v) is 11.5. The maximum atomic E-state index is 11.7. The summed E-state index contributed by atoms with van der Waals surface area (Å²) < 4.78 is 28.2. The van der Waals surface area contributed by atoms with Gasteiger partial charge in [0.1, 0.15) is 6.61 Å². The molecule has 1 aromatic rings. The molecule has 0 aliphatic carbocycles. The van der Waals surface area contributed by atoms with Crippen molar-refractivity contribution < 1.29 is 27.6 Å². The van der Waals surface area contributed by atoms with Crippen LogP contribution >= 0.6 is 0 Å². The second-order valence-corrected chi connectivity index (χ2v) is 5.23. The minimum Gasteiger partial charge on any atom is -0.462 e. The van der Waals surface area contributed by atoms with Crippen LogP contribution in [-0.4, -0.2) is 33.5 Å². The van der Waals surface area contributed by atoms with E-state index in [0.717, 1.165) is 0 Å². The van der Waals surface area contributed by atoms with Gasteiger partial charge in [-0.3, -0.25) is 9.63 Å². The van der Waals surface area contributed by atoms with Gasteiger partial charge in [-0.1, -0.05) is 4.89 Å².